The largest absolute Gasteiger partial charge is 0.477 e. The minimum absolute atomic E-state index is 0.117. The second kappa shape index (κ2) is 8.52. The van der Waals surface area contributed by atoms with Crippen LogP contribution in [0.1, 0.15) is 61.3 Å². The van der Waals surface area contributed by atoms with Gasteiger partial charge in [-0.1, -0.05) is 19.3 Å². The van der Waals surface area contributed by atoms with E-state index in [0.29, 0.717) is 24.3 Å². The zero-order chi connectivity index (χ0) is 19.4. The number of carboxylic acids is 1. The van der Waals surface area contributed by atoms with Gasteiger partial charge < -0.3 is 20.7 Å². The number of hydrogen-bond acceptors (Lipinski definition) is 4. The molecule has 7 heteroatoms. The van der Waals surface area contributed by atoms with E-state index in [2.05, 4.69) is 5.32 Å². The van der Waals surface area contributed by atoms with Gasteiger partial charge >= 0.3 is 5.97 Å². The topological polar surface area (TPSA) is 97.3 Å². The average molecular weight is 375 g/mol. The van der Waals surface area contributed by atoms with Gasteiger partial charge in [-0.2, -0.15) is 0 Å². The molecule has 0 saturated heterocycles. The summed E-state index contributed by atoms with van der Waals surface area (Å²) in [6.45, 7) is 1.36. The Labute approximate surface area is 157 Å². The summed E-state index contributed by atoms with van der Waals surface area (Å²) in [4.78, 5) is 23.8. The lowest BCUT2D eigenvalue weighted by atomic mass is 10.1. The number of nitrogens with zero attached hydrogens (tertiary/aromatic N) is 1. The first-order valence-corrected chi connectivity index (χ1v) is 9.58. The Morgan fingerprint density at radius 2 is 1.93 bits per heavy atom. The van der Waals surface area contributed by atoms with Crippen molar-refractivity contribution in [3.63, 3.8) is 0 Å². The molecule has 4 N–H and O–H groups in total. The van der Waals surface area contributed by atoms with E-state index in [1.54, 1.807) is 10.6 Å². The number of anilines is 1. The Balaban J connectivity index is 1.81. The lowest BCUT2D eigenvalue weighted by molar-refractivity contribution is 0.0695. The highest BCUT2D eigenvalue weighted by Gasteiger charge is 2.27. The van der Waals surface area contributed by atoms with Crippen LogP contribution in [-0.2, 0) is 0 Å². The minimum atomic E-state index is -1.28. The zero-order valence-corrected chi connectivity index (χ0v) is 15.3. The first-order chi connectivity index (χ1) is 13.0. The van der Waals surface area contributed by atoms with Crippen LogP contribution in [0.3, 0.4) is 0 Å². The molecule has 1 heterocycles. The quantitative estimate of drug-likeness (QED) is 0.552. The van der Waals surface area contributed by atoms with Crippen molar-refractivity contribution in [2.45, 2.75) is 51.0 Å². The van der Waals surface area contributed by atoms with Crippen LogP contribution in [0, 0.1) is 5.82 Å². The SMILES string of the molecule is NCCCCCCCNc1cc2c(cc1F)c(=O)c(C(=O)O)cn2C1CC1. The molecule has 6 nitrogen and oxygen atoms in total. The number of aromatic nitrogens is 1. The van der Waals surface area contributed by atoms with E-state index in [1.165, 1.54) is 6.20 Å². The number of halogens is 1. The van der Waals surface area contributed by atoms with Crippen LogP contribution >= 0.6 is 0 Å². The fourth-order valence-electron chi connectivity index (χ4n) is 3.34. The number of fused-ring (bicyclic) bond motifs is 1. The minimum Gasteiger partial charge on any atom is -0.477 e. The first kappa shape index (κ1) is 19.4. The number of aromatic carboxylic acids is 1. The number of benzene rings is 1. The number of rotatable bonds is 10. The Kier molecular flexibility index (Phi) is 6.11. The summed E-state index contributed by atoms with van der Waals surface area (Å²) in [6, 6.07) is 2.96. The molecule has 1 aromatic carbocycles. The van der Waals surface area contributed by atoms with E-state index in [4.69, 9.17) is 5.73 Å². The van der Waals surface area contributed by atoms with Gasteiger partial charge in [-0.15, -0.1) is 0 Å². The normalized spacial score (nSPS) is 13.9. The van der Waals surface area contributed by atoms with E-state index in [1.807, 2.05) is 0 Å². The Hall–Kier alpha value is -2.41. The van der Waals surface area contributed by atoms with Crippen LogP contribution in [0.2, 0.25) is 0 Å². The van der Waals surface area contributed by atoms with Crippen LogP contribution in [-0.4, -0.2) is 28.7 Å². The zero-order valence-electron chi connectivity index (χ0n) is 15.3. The number of hydrogen-bond donors (Lipinski definition) is 3. The molecule has 1 aliphatic rings. The van der Waals surface area contributed by atoms with Gasteiger partial charge in [-0.3, -0.25) is 4.79 Å². The van der Waals surface area contributed by atoms with Crippen molar-refractivity contribution in [1.29, 1.82) is 0 Å². The number of carboxylic acid groups (broad SMARTS) is 1. The average Bonchev–Trinajstić information content (AvgIpc) is 3.47. The first-order valence-electron chi connectivity index (χ1n) is 9.58. The van der Waals surface area contributed by atoms with Gasteiger partial charge in [0.2, 0.25) is 5.43 Å². The highest BCUT2D eigenvalue weighted by Crippen LogP contribution is 2.37. The Morgan fingerprint density at radius 1 is 1.22 bits per heavy atom. The summed E-state index contributed by atoms with van der Waals surface area (Å²) >= 11 is 0. The molecule has 0 spiro atoms. The highest BCUT2D eigenvalue weighted by molar-refractivity contribution is 5.93. The van der Waals surface area contributed by atoms with Crippen LogP contribution in [0.25, 0.3) is 10.9 Å². The van der Waals surface area contributed by atoms with Crippen LogP contribution in [0.5, 0.6) is 0 Å². The Bertz CT molecular complexity index is 890. The second-order valence-corrected chi connectivity index (χ2v) is 7.15. The summed E-state index contributed by atoms with van der Waals surface area (Å²) in [5.74, 6) is -1.82. The molecule has 2 aromatic rings. The van der Waals surface area contributed by atoms with Crippen molar-refractivity contribution in [3.05, 3.63) is 39.9 Å². The summed E-state index contributed by atoms with van der Waals surface area (Å²) in [5.41, 5.74) is 5.45. The van der Waals surface area contributed by atoms with Gasteiger partial charge in [0.1, 0.15) is 11.4 Å². The molecule has 0 radical (unpaired) electrons. The molecule has 1 aliphatic carbocycles. The molecular formula is C20H26FN3O3. The molecule has 1 saturated carbocycles. The molecule has 0 unspecified atom stereocenters. The molecule has 0 bridgehead atoms. The molecule has 3 rings (SSSR count). The van der Waals surface area contributed by atoms with E-state index < -0.39 is 17.2 Å². The van der Waals surface area contributed by atoms with Crippen molar-refractivity contribution in [2.24, 2.45) is 5.73 Å². The van der Waals surface area contributed by atoms with Crippen molar-refractivity contribution in [2.75, 3.05) is 18.4 Å². The lowest BCUT2D eigenvalue weighted by Gasteiger charge is -2.14. The van der Waals surface area contributed by atoms with E-state index >= 15 is 0 Å². The summed E-state index contributed by atoms with van der Waals surface area (Å²) < 4.78 is 16.3. The molecule has 27 heavy (non-hydrogen) atoms. The third kappa shape index (κ3) is 4.47. The monoisotopic (exact) mass is 375 g/mol. The van der Waals surface area contributed by atoms with Crippen molar-refractivity contribution < 1.29 is 14.3 Å². The predicted octanol–water partition coefficient (Wildman–Crippen LogP) is 3.49. The van der Waals surface area contributed by atoms with Crippen molar-refractivity contribution in [1.82, 2.24) is 4.57 Å². The van der Waals surface area contributed by atoms with Gasteiger partial charge in [0.15, 0.2) is 0 Å². The maximum atomic E-state index is 14.5. The van der Waals surface area contributed by atoms with E-state index in [-0.39, 0.29) is 17.0 Å². The molecule has 0 amide bonds. The fourth-order valence-corrected chi connectivity index (χ4v) is 3.34. The van der Waals surface area contributed by atoms with Crippen LogP contribution in [0.4, 0.5) is 10.1 Å². The standard InChI is InChI=1S/C20H26FN3O3/c21-16-10-14-18(11-17(16)23-9-5-3-1-2-4-8-22)24(13-6-7-13)12-15(19(14)25)20(26)27/h10-13,23H,1-9,22H2,(H,26,27). The van der Waals surface area contributed by atoms with Crippen LogP contribution < -0.4 is 16.5 Å². The van der Waals surface area contributed by atoms with Gasteiger partial charge in [-0.25, -0.2) is 9.18 Å². The number of nitrogens with two attached hydrogens (primary N) is 1. The van der Waals surface area contributed by atoms with Crippen molar-refractivity contribution in [3.8, 4) is 0 Å². The third-order valence-electron chi connectivity index (χ3n) is 4.99. The smallest absolute Gasteiger partial charge is 0.341 e. The van der Waals surface area contributed by atoms with Gasteiger partial charge in [0.25, 0.3) is 0 Å². The maximum Gasteiger partial charge on any atom is 0.341 e. The van der Waals surface area contributed by atoms with Crippen molar-refractivity contribution >= 4 is 22.6 Å². The van der Waals surface area contributed by atoms with Gasteiger partial charge in [-0.05, 0) is 44.4 Å². The number of carbonyl (C=O) groups is 1. The Morgan fingerprint density at radius 3 is 2.59 bits per heavy atom. The van der Waals surface area contributed by atoms with Crippen LogP contribution in [0.15, 0.2) is 23.1 Å². The molecule has 0 aliphatic heterocycles. The highest BCUT2D eigenvalue weighted by atomic mass is 19.1. The summed E-state index contributed by atoms with van der Waals surface area (Å²) in [6.07, 6.45) is 8.48. The number of pyridine rings is 1. The summed E-state index contributed by atoms with van der Waals surface area (Å²) in [7, 11) is 0. The number of nitrogens with one attached hydrogen (secondary N) is 1. The predicted molar refractivity (Wildman–Crippen MR) is 104 cm³/mol. The fraction of sp³-hybridized carbons (Fsp3) is 0.500. The second-order valence-electron chi connectivity index (χ2n) is 7.15. The summed E-state index contributed by atoms with van der Waals surface area (Å²) in [5, 5.41) is 12.5. The molecule has 0 atom stereocenters. The maximum absolute atomic E-state index is 14.5. The molecule has 146 valence electrons. The molecular weight excluding hydrogens is 349 g/mol. The molecule has 1 fully saturated rings. The van der Waals surface area contributed by atoms with Gasteiger partial charge in [0.05, 0.1) is 11.2 Å². The third-order valence-corrected chi connectivity index (χ3v) is 4.99. The molecule has 1 aromatic heterocycles. The lowest BCUT2D eigenvalue weighted by Crippen LogP contribution is -2.19. The van der Waals surface area contributed by atoms with E-state index in [0.717, 1.165) is 51.0 Å². The number of unbranched alkanes of at least 4 members (excludes halogenated alkanes) is 4. The van der Waals surface area contributed by atoms with E-state index in [9.17, 15) is 19.1 Å². The van der Waals surface area contributed by atoms with Gasteiger partial charge in [0, 0.05) is 24.2 Å².